The number of carbonyl (C=O) groups excluding carboxylic acids is 1. The van der Waals surface area contributed by atoms with Crippen LogP contribution in [0.5, 0.6) is 0 Å². The molecular formula is C19H20N6O2. The number of benzene rings is 1. The van der Waals surface area contributed by atoms with Crippen LogP contribution >= 0.6 is 0 Å². The van der Waals surface area contributed by atoms with Gasteiger partial charge in [-0.2, -0.15) is 10.2 Å². The van der Waals surface area contributed by atoms with Gasteiger partial charge < -0.3 is 10.6 Å². The van der Waals surface area contributed by atoms with Crippen LogP contribution in [0.15, 0.2) is 53.7 Å². The van der Waals surface area contributed by atoms with Crippen molar-refractivity contribution in [3.05, 3.63) is 70.4 Å². The maximum atomic E-state index is 12.2. The fourth-order valence-electron chi connectivity index (χ4n) is 2.77. The number of nitrogens with zero attached hydrogens (tertiary/aromatic N) is 4. The maximum Gasteiger partial charge on any atom is 0.319 e. The highest BCUT2D eigenvalue weighted by atomic mass is 16.2. The smallest absolute Gasteiger partial charge is 0.319 e. The summed E-state index contributed by atoms with van der Waals surface area (Å²) in [4.78, 5) is 24.1. The number of amides is 2. The van der Waals surface area contributed by atoms with Crippen LogP contribution in [0.25, 0.3) is 5.69 Å². The molecule has 8 nitrogen and oxygen atoms in total. The van der Waals surface area contributed by atoms with Gasteiger partial charge in [0.15, 0.2) is 0 Å². The number of anilines is 1. The Morgan fingerprint density at radius 3 is 2.89 bits per heavy atom. The van der Waals surface area contributed by atoms with Crippen LogP contribution in [-0.2, 0) is 13.5 Å². The van der Waals surface area contributed by atoms with Gasteiger partial charge in [-0.05, 0) is 30.5 Å². The lowest BCUT2D eigenvalue weighted by molar-refractivity contribution is 0.251. The molecule has 0 bridgehead atoms. The highest BCUT2D eigenvalue weighted by molar-refractivity contribution is 5.89. The van der Waals surface area contributed by atoms with E-state index in [0.29, 0.717) is 23.8 Å². The van der Waals surface area contributed by atoms with Crippen molar-refractivity contribution >= 4 is 11.7 Å². The van der Waals surface area contributed by atoms with Gasteiger partial charge in [-0.15, -0.1) is 0 Å². The molecule has 1 saturated carbocycles. The Bertz CT molecular complexity index is 1030. The molecule has 2 N–H and O–H groups in total. The Kier molecular flexibility index (Phi) is 4.45. The highest BCUT2D eigenvalue weighted by Crippen LogP contribution is 2.19. The van der Waals surface area contributed by atoms with Crippen LogP contribution < -0.4 is 16.1 Å². The molecule has 138 valence electrons. The van der Waals surface area contributed by atoms with E-state index in [1.165, 1.54) is 6.07 Å². The van der Waals surface area contributed by atoms with Gasteiger partial charge >= 0.3 is 6.03 Å². The number of carbonyl (C=O) groups is 1. The molecular weight excluding hydrogens is 344 g/mol. The lowest BCUT2D eigenvalue weighted by Crippen LogP contribution is -2.30. The number of aromatic nitrogens is 4. The summed E-state index contributed by atoms with van der Waals surface area (Å²) >= 11 is 0. The number of hydrogen-bond acceptors (Lipinski definition) is 4. The van der Waals surface area contributed by atoms with Crippen molar-refractivity contribution in [3.63, 3.8) is 0 Å². The lowest BCUT2D eigenvalue weighted by Gasteiger charge is -2.09. The summed E-state index contributed by atoms with van der Waals surface area (Å²) in [5, 5.41) is 14.3. The van der Waals surface area contributed by atoms with E-state index in [2.05, 4.69) is 20.8 Å². The predicted molar refractivity (Wildman–Crippen MR) is 101 cm³/mol. The van der Waals surface area contributed by atoms with Gasteiger partial charge in [-0.1, -0.05) is 12.1 Å². The fraction of sp³-hybridized carbons (Fsp3) is 0.263. The number of aryl methyl sites for hydroxylation is 1. The quantitative estimate of drug-likeness (QED) is 0.722. The van der Waals surface area contributed by atoms with Crippen LogP contribution in [0.3, 0.4) is 0 Å². The molecule has 0 aliphatic heterocycles. The van der Waals surface area contributed by atoms with Crippen molar-refractivity contribution in [3.8, 4) is 5.69 Å². The zero-order valence-corrected chi connectivity index (χ0v) is 14.9. The van der Waals surface area contributed by atoms with Gasteiger partial charge in [0.1, 0.15) is 11.4 Å². The van der Waals surface area contributed by atoms with Crippen molar-refractivity contribution in [1.29, 1.82) is 0 Å². The first kappa shape index (κ1) is 17.0. The monoisotopic (exact) mass is 364 g/mol. The van der Waals surface area contributed by atoms with E-state index in [4.69, 9.17) is 0 Å². The Balaban J connectivity index is 1.52. The van der Waals surface area contributed by atoms with E-state index in [1.54, 1.807) is 21.8 Å². The second kappa shape index (κ2) is 7.06. The zero-order valence-electron chi connectivity index (χ0n) is 14.9. The van der Waals surface area contributed by atoms with Crippen molar-refractivity contribution in [2.45, 2.75) is 25.3 Å². The largest absolute Gasteiger partial charge is 0.335 e. The first-order chi connectivity index (χ1) is 13.1. The van der Waals surface area contributed by atoms with Crippen LogP contribution in [-0.4, -0.2) is 31.6 Å². The first-order valence-electron chi connectivity index (χ1n) is 8.81. The third kappa shape index (κ3) is 4.22. The topological polar surface area (TPSA) is 93.8 Å². The van der Waals surface area contributed by atoms with Gasteiger partial charge in [0, 0.05) is 37.5 Å². The fourth-order valence-corrected chi connectivity index (χ4v) is 2.77. The Morgan fingerprint density at radius 2 is 2.15 bits per heavy atom. The second-order valence-corrected chi connectivity index (χ2v) is 6.69. The minimum absolute atomic E-state index is 0.125. The molecule has 0 spiro atoms. The number of nitrogens with one attached hydrogen (secondary N) is 2. The molecule has 1 aromatic carbocycles. The van der Waals surface area contributed by atoms with Gasteiger partial charge in [0.05, 0.1) is 12.4 Å². The van der Waals surface area contributed by atoms with Crippen LogP contribution in [0.4, 0.5) is 10.5 Å². The normalized spacial score (nSPS) is 13.4. The van der Waals surface area contributed by atoms with Crippen LogP contribution in [0, 0.1) is 0 Å². The SMILES string of the molecule is Cn1cc(-n2ccc(=O)c(Cc3cccc(NC(=O)NC4CC4)c3)n2)cn1. The molecule has 8 heteroatoms. The Labute approximate surface area is 155 Å². The van der Waals surface area contributed by atoms with E-state index in [9.17, 15) is 9.59 Å². The average Bonchev–Trinajstić information content (AvgIpc) is 3.34. The molecule has 2 aromatic heterocycles. The van der Waals surface area contributed by atoms with Gasteiger partial charge in [0.25, 0.3) is 0 Å². The van der Waals surface area contributed by atoms with Crippen LogP contribution in [0.1, 0.15) is 24.1 Å². The van der Waals surface area contributed by atoms with Gasteiger partial charge in [-0.25, -0.2) is 9.48 Å². The molecule has 1 aliphatic rings. The molecule has 4 rings (SSSR count). The zero-order chi connectivity index (χ0) is 18.8. The Morgan fingerprint density at radius 1 is 1.30 bits per heavy atom. The maximum absolute atomic E-state index is 12.2. The molecule has 2 heterocycles. The van der Waals surface area contributed by atoms with Crippen molar-refractivity contribution in [2.75, 3.05) is 5.32 Å². The van der Waals surface area contributed by atoms with Gasteiger partial charge in [0.2, 0.25) is 5.43 Å². The summed E-state index contributed by atoms with van der Waals surface area (Å²) in [6.07, 6.45) is 7.59. The van der Waals surface area contributed by atoms with E-state index in [1.807, 2.05) is 37.5 Å². The number of rotatable bonds is 5. The predicted octanol–water partition coefficient (Wildman–Crippen LogP) is 1.84. The molecule has 0 unspecified atom stereocenters. The minimum atomic E-state index is -0.202. The molecule has 2 amide bonds. The van der Waals surface area contributed by atoms with Gasteiger partial charge in [-0.3, -0.25) is 9.48 Å². The first-order valence-corrected chi connectivity index (χ1v) is 8.81. The third-order valence-corrected chi connectivity index (χ3v) is 4.30. The molecule has 0 radical (unpaired) electrons. The summed E-state index contributed by atoms with van der Waals surface area (Å²) < 4.78 is 3.31. The highest BCUT2D eigenvalue weighted by Gasteiger charge is 2.23. The van der Waals surface area contributed by atoms with Crippen molar-refractivity contribution in [2.24, 2.45) is 7.05 Å². The van der Waals surface area contributed by atoms with E-state index in [0.717, 1.165) is 24.1 Å². The standard InChI is InChI=1S/C19H20N6O2/c1-24-12-16(11-20-24)25-8-7-18(26)17(23-25)10-13-3-2-4-15(9-13)22-19(27)21-14-5-6-14/h2-4,7-9,11-12,14H,5-6,10H2,1H3,(H2,21,22,27). The number of hydrogen-bond donors (Lipinski definition) is 2. The molecule has 3 aromatic rings. The summed E-state index contributed by atoms with van der Waals surface area (Å²) in [6, 6.07) is 9.04. The Hall–Kier alpha value is -3.42. The summed E-state index contributed by atoms with van der Waals surface area (Å²) in [5.41, 5.74) is 2.67. The van der Waals surface area contributed by atoms with Crippen molar-refractivity contribution < 1.29 is 4.79 Å². The average molecular weight is 364 g/mol. The van der Waals surface area contributed by atoms with Crippen molar-refractivity contribution in [1.82, 2.24) is 24.9 Å². The van der Waals surface area contributed by atoms with E-state index >= 15 is 0 Å². The second-order valence-electron chi connectivity index (χ2n) is 6.69. The molecule has 27 heavy (non-hydrogen) atoms. The summed E-state index contributed by atoms with van der Waals surface area (Å²) in [7, 11) is 1.82. The van der Waals surface area contributed by atoms with E-state index in [-0.39, 0.29) is 11.5 Å². The van der Waals surface area contributed by atoms with E-state index < -0.39 is 0 Å². The molecule has 1 aliphatic carbocycles. The minimum Gasteiger partial charge on any atom is -0.335 e. The molecule has 0 saturated heterocycles. The summed E-state index contributed by atoms with van der Waals surface area (Å²) in [6.45, 7) is 0. The third-order valence-electron chi connectivity index (χ3n) is 4.30. The summed E-state index contributed by atoms with van der Waals surface area (Å²) in [5.74, 6) is 0. The lowest BCUT2D eigenvalue weighted by atomic mass is 10.1. The molecule has 0 atom stereocenters. The molecule has 1 fully saturated rings. The van der Waals surface area contributed by atoms with Crippen LogP contribution in [0.2, 0.25) is 0 Å². The number of urea groups is 1.